The Morgan fingerprint density at radius 3 is 2.31 bits per heavy atom. The second kappa shape index (κ2) is 15.1. The molecule has 0 fully saturated rings. The quantitative estimate of drug-likeness (QED) is 0.0533. The number of hydrogen-bond acceptors (Lipinski definition) is 2. The van der Waals surface area contributed by atoms with Gasteiger partial charge in [0, 0.05) is 42.1 Å². The third kappa shape index (κ3) is 5.96. The van der Waals surface area contributed by atoms with Gasteiger partial charge in [-0.2, -0.15) is 4.57 Å². The Hall–Kier alpha value is -4.02. The first-order chi connectivity index (χ1) is 25.1. The van der Waals surface area contributed by atoms with Gasteiger partial charge in [-0.3, -0.25) is 0 Å². The molecule has 3 atom stereocenters. The number of halogens is 1. The number of pyridine rings is 1. The zero-order valence-corrected chi connectivity index (χ0v) is 33.0. The first-order valence-corrected chi connectivity index (χ1v) is 19.6. The minimum absolute atomic E-state index is 0.102. The normalized spacial score (nSPS) is 21.2. The van der Waals surface area contributed by atoms with Gasteiger partial charge >= 0.3 is 0 Å². The predicted molar refractivity (Wildman–Crippen MR) is 215 cm³/mol. The van der Waals surface area contributed by atoms with E-state index in [2.05, 4.69) is 120 Å². The molecule has 0 spiro atoms. The third-order valence-electron chi connectivity index (χ3n) is 12.7. The second-order valence-electron chi connectivity index (χ2n) is 15.5. The van der Waals surface area contributed by atoms with Crippen molar-refractivity contribution in [1.82, 2.24) is 0 Å². The van der Waals surface area contributed by atoms with Crippen LogP contribution >= 0.6 is 0 Å². The van der Waals surface area contributed by atoms with Crippen LogP contribution in [0.2, 0.25) is 0 Å². The zero-order chi connectivity index (χ0) is 37.3. The lowest BCUT2D eigenvalue weighted by Gasteiger charge is -2.50. The highest BCUT2D eigenvalue weighted by molar-refractivity contribution is 6.02. The Bertz CT molecular complexity index is 2020. The number of aromatic nitrogens is 1. The van der Waals surface area contributed by atoms with E-state index in [1.807, 2.05) is 25.1 Å². The van der Waals surface area contributed by atoms with Gasteiger partial charge in [0.1, 0.15) is 17.7 Å². The molecule has 4 aromatic rings. The molecule has 0 N–H and O–H groups in total. The van der Waals surface area contributed by atoms with Crippen LogP contribution in [0.15, 0.2) is 96.7 Å². The number of hydrogen-bond donors (Lipinski definition) is 0. The molecule has 3 unspecified atom stereocenters. The van der Waals surface area contributed by atoms with Gasteiger partial charge in [-0.25, -0.2) is 4.39 Å². The lowest BCUT2D eigenvalue weighted by atomic mass is 9.55. The molecule has 2 aliphatic rings. The predicted octanol–water partition coefficient (Wildman–Crippen LogP) is 12.1. The van der Waals surface area contributed by atoms with E-state index < -0.39 is 5.41 Å². The van der Waals surface area contributed by atoms with E-state index in [0.717, 1.165) is 73.0 Å². The molecular weight excluding hydrogens is 642 g/mol. The molecule has 274 valence electrons. The van der Waals surface area contributed by atoms with Crippen molar-refractivity contribution in [2.45, 2.75) is 123 Å². The molecule has 0 saturated carbocycles. The molecule has 0 radical (unpaired) electrons. The monoisotopic (exact) mass is 700 g/mol. The van der Waals surface area contributed by atoms with Crippen molar-refractivity contribution in [1.29, 1.82) is 0 Å². The fourth-order valence-electron chi connectivity index (χ4n) is 9.74. The van der Waals surface area contributed by atoms with Gasteiger partial charge in [0.15, 0.2) is 11.7 Å². The first kappa shape index (κ1) is 37.7. The summed E-state index contributed by atoms with van der Waals surface area (Å²) in [6.45, 7) is 18.5. The van der Waals surface area contributed by atoms with Gasteiger partial charge in [-0.15, -0.1) is 0 Å². The van der Waals surface area contributed by atoms with E-state index in [0.29, 0.717) is 6.61 Å². The van der Waals surface area contributed by atoms with Crippen LogP contribution in [0.1, 0.15) is 122 Å². The maximum absolute atomic E-state index is 16.3. The average Bonchev–Trinajstić information content (AvgIpc) is 3.16. The summed E-state index contributed by atoms with van der Waals surface area (Å²) < 4.78 is 31.6. The number of benzene rings is 3. The molecule has 2 heterocycles. The highest BCUT2D eigenvalue weighted by atomic mass is 19.1. The van der Waals surface area contributed by atoms with Crippen LogP contribution in [0.3, 0.4) is 0 Å². The molecule has 3 aromatic carbocycles. The summed E-state index contributed by atoms with van der Waals surface area (Å²) in [5.41, 5.74) is 8.29. The molecule has 52 heavy (non-hydrogen) atoms. The summed E-state index contributed by atoms with van der Waals surface area (Å²) in [7, 11) is 1.72. The van der Waals surface area contributed by atoms with Crippen LogP contribution < -0.4 is 4.57 Å². The summed E-state index contributed by atoms with van der Waals surface area (Å²) in [6.07, 6.45) is 17.6. The number of rotatable bonds is 15. The van der Waals surface area contributed by atoms with Gasteiger partial charge in [0.05, 0.1) is 23.5 Å². The van der Waals surface area contributed by atoms with Crippen LogP contribution in [-0.4, -0.2) is 19.8 Å². The second-order valence-corrected chi connectivity index (χ2v) is 15.5. The van der Waals surface area contributed by atoms with Crippen LogP contribution in [-0.2, 0) is 32.3 Å². The van der Waals surface area contributed by atoms with E-state index in [4.69, 9.17) is 9.47 Å². The summed E-state index contributed by atoms with van der Waals surface area (Å²) in [5.74, 6) is 0.697. The van der Waals surface area contributed by atoms with Gasteiger partial charge in [0.25, 0.3) is 0 Å². The Morgan fingerprint density at radius 1 is 0.904 bits per heavy atom. The maximum atomic E-state index is 16.3. The molecule has 0 bridgehead atoms. The zero-order valence-electron chi connectivity index (χ0n) is 33.0. The van der Waals surface area contributed by atoms with Gasteiger partial charge in [-0.05, 0) is 86.2 Å². The number of unbranched alkanes of at least 4 members (excludes halogenated alkanes) is 1. The molecule has 1 aliphatic heterocycles. The van der Waals surface area contributed by atoms with E-state index in [1.54, 1.807) is 13.2 Å². The Kier molecular flexibility index (Phi) is 11.0. The SMILES string of the molecule is CC=CC(=CC)C(C=C(OC)c1ccccc1)OCCCC1(CC)[n+]2ccc3c(CCCC)ccc4c3c2-c2c(ccc(F)c2C4(C)C)C1(C)CC. The number of methoxy groups -OCH3 is 1. The highest BCUT2D eigenvalue weighted by Crippen LogP contribution is 2.58. The largest absolute Gasteiger partial charge is 0.496 e. The maximum Gasteiger partial charge on any atom is 0.221 e. The van der Waals surface area contributed by atoms with Crippen LogP contribution in [0.25, 0.3) is 27.8 Å². The summed E-state index contributed by atoms with van der Waals surface area (Å²) >= 11 is 0. The van der Waals surface area contributed by atoms with Gasteiger partial charge in [0.2, 0.25) is 5.69 Å². The highest BCUT2D eigenvalue weighted by Gasteiger charge is 2.61. The molecule has 6 rings (SSSR count). The number of nitrogens with zero attached hydrogens (tertiary/aromatic N) is 1. The van der Waals surface area contributed by atoms with E-state index in [-0.39, 0.29) is 22.9 Å². The fourth-order valence-corrected chi connectivity index (χ4v) is 9.74. The van der Waals surface area contributed by atoms with E-state index in [9.17, 15) is 0 Å². The average molecular weight is 701 g/mol. The van der Waals surface area contributed by atoms with Crippen molar-refractivity contribution >= 4 is 16.5 Å². The van der Waals surface area contributed by atoms with E-state index >= 15 is 4.39 Å². The number of ether oxygens (including phenoxy) is 2. The summed E-state index contributed by atoms with van der Waals surface area (Å²) in [6, 6.07) is 21.1. The van der Waals surface area contributed by atoms with Gasteiger partial charge < -0.3 is 9.47 Å². The van der Waals surface area contributed by atoms with Crippen LogP contribution in [0.5, 0.6) is 0 Å². The molecule has 1 aliphatic carbocycles. The van der Waals surface area contributed by atoms with Crippen molar-refractivity contribution in [2.75, 3.05) is 13.7 Å². The lowest BCUT2D eigenvalue weighted by molar-refractivity contribution is -0.769. The van der Waals surface area contributed by atoms with Crippen molar-refractivity contribution in [3.63, 3.8) is 0 Å². The number of aryl methyl sites for hydroxylation is 1. The minimum Gasteiger partial charge on any atom is -0.496 e. The lowest BCUT2D eigenvalue weighted by Crippen LogP contribution is -2.69. The van der Waals surface area contributed by atoms with Crippen molar-refractivity contribution in [3.8, 4) is 11.3 Å². The van der Waals surface area contributed by atoms with Crippen molar-refractivity contribution in [2.24, 2.45) is 0 Å². The van der Waals surface area contributed by atoms with Crippen LogP contribution in [0, 0.1) is 5.82 Å². The van der Waals surface area contributed by atoms with Gasteiger partial charge in [-0.1, -0.05) is 108 Å². The molecule has 3 nitrogen and oxygen atoms in total. The summed E-state index contributed by atoms with van der Waals surface area (Å²) in [5, 5.41) is 2.64. The first-order valence-electron chi connectivity index (χ1n) is 19.6. The summed E-state index contributed by atoms with van der Waals surface area (Å²) in [4.78, 5) is 0. The van der Waals surface area contributed by atoms with Crippen molar-refractivity contribution < 1.29 is 18.4 Å². The standard InChI is InChI=1S/C48H59FNO2/c1-10-15-21-34-24-25-37-42-36(34)28-30-50-45(42)43-38(26-27-39(49)44(43)46(37,6)7)47(8,13-4)48(50,14-5)29-19-31-52-41(33(12-3)20-11-2)32-40(51-9)35-22-17-16-18-23-35/h11-12,16-18,20,22-28,30,32,41H,10,13-15,19,21,29,31H2,1-9H3/q+1. The smallest absolute Gasteiger partial charge is 0.221 e. The molecule has 1 aromatic heterocycles. The van der Waals surface area contributed by atoms with Crippen LogP contribution in [0.4, 0.5) is 4.39 Å². The molecule has 0 saturated heterocycles. The van der Waals surface area contributed by atoms with Crippen molar-refractivity contribution in [3.05, 3.63) is 130 Å². The Morgan fingerprint density at radius 2 is 1.65 bits per heavy atom. The molecular formula is C48H59FNO2+. The Labute approximate surface area is 312 Å². The fraction of sp³-hybridized carbons (Fsp3) is 0.438. The third-order valence-corrected chi connectivity index (χ3v) is 12.7. The Balaban J connectivity index is 1.46. The topological polar surface area (TPSA) is 22.3 Å². The number of allylic oxidation sites excluding steroid dienone is 2. The molecule has 0 amide bonds. The minimum atomic E-state index is -0.460. The molecule has 4 heteroatoms. The van der Waals surface area contributed by atoms with E-state index in [1.165, 1.54) is 33.2 Å².